The first-order valence-electron chi connectivity index (χ1n) is 6.06. The summed E-state index contributed by atoms with van der Waals surface area (Å²) in [4.78, 5) is 24.4. The Morgan fingerprint density at radius 2 is 1.79 bits per heavy atom. The molecule has 0 unspecified atom stereocenters. The molecule has 0 radical (unpaired) electrons. The molecule has 0 aliphatic carbocycles. The van der Waals surface area contributed by atoms with Crippen LogP contribution in [0.2, 0.25) is 0 Å². The topological polar surface area (TPSA) is 46.2 Å². The highest BCUT2D eigenvalue weighted by Crippen LogP contribution is 2.10. The number of amides is 1. The van der Waals surface area contributed by atoms with Gasteiger partial charge in [-0.2, -0.15) is 0 Å². The van der Waals surface area contributed by atoms with Gasteiger partial charge in [-0.15, -0.1) is 0 Å². The average molecular weight is 278 g/mol. The first kappa shape index (κ1) is 15.5. The number of rotatable bonds is 6. The molecule has 0 aliphatic rings. The molecule has 1 amide bonds. The standard InChI is InChI=1S/C15H19NO2S/c1-11(2)14(17)9-10-16-15(18)12-5-7-13(8-6-12)19(3)4/h5-8H,1,9-10H2,2-4H3/p+1. The molecule has 0 saturated carbocycles. The van der Waals surface area contributed by atoms with Crippen LogP contribution in [0.25, 0.3) is 0 Å². The largest absolute Gasteiger partial charge is 0.352 e. The molecule has 1 N–H and O–H groups in total. The minimum Gasteiger partial charge on any atom is -0.352 e. The van der Waals surface area contributed by atoms with Crippen LogP contribution in [0.4, 0.5) is 0 Å². The van der Waals surface area contributed by atoms with E-state index in [4.69, 9.17) is 0 Å². The first-order chi connectivity index (χ1) is 8.91. The van der Waals surface area contributed by atoms with Crippen molar-refractivity contribution >= 4 is 22.6 Å². The predicted octanol–water partition coefficient (Wildman–Crippen LogP) is 2.19. The van der Waals surface area contributed by atoms with Crippen LogP contribution in [0.15, 0.2) is 41.3 Å². The lowest BCUT2D eigenvalue weighted by atomic mass is 10.1. The molecule has 0 saturated heterocycles. The van der Waals surface area contributed by atoms with Crippen molar-refractivity contribution < 1.29 is 9.59 Å². The number of ketones is 1. The molecule has 3 nitrogen and oxygen atoms in total. The fourth-order valence-corrected chi connectivity index (χ4v) is 2.16. The van der Waals surface area contributed by atoms with Crippen LogP contribution in [0.5, 0.6) is 0 Å². The van der Waals surface area contributed by atoms with Gasteiger partial charge in [0, 0.05) is 29.4 Å². The third-order valence-corrected chi connectivity index (χ3v) is 3.92. The van der Waals surface area contributed by atoms with Crippen molar-refractivity contribution in [3.63, 3.8) is 0 Å². The molecule has 1 aromatic rings. The van der Waals surface area contributed by atoms with E-state index in [0.29, 0.717) is 24.1 Å². The van der Waals surface area contributed by atoms with Gasteiger partial charge in [0.2, 0.25) is 0 Å². The molecule has 0 aliphatic heterocycles. The molecular weight excluding hydrogens is 258 g/mol. The van der Waals surface area contributed by atoms with Gasteiger partial charge in [-0.05, 0) is 36.8 Å². The van der Waals surface area contributed by atoms with Crippen molar-refractivity contribution in [1.82, 2.24) is 5.32 Å². The monoisotopic (exact) mass is 278 g/mol. The van der Waals surface area contributed by atoms with Gasteiger partial charge in [0.15, 0.2) is 10.7 Å². The summed E-state index contributed by atoms with van der Waals surface area (Å²) in [6.45, 7) is 5.60. The quantitative estimate of drug-likeness (QED) is 0.640. The van der Waals surface area contributed by atoms with Gasteiger partial charge in [-0.1, -0.05) is 6.58 Å². The third kappa shape index (κ3) is 4.91. The molecule has 0 aromatic heterocycles. The Morgan fingerprint density at radius 1 is 1.21 bits per heavy atom. The van der Waals surface area contributed by atoms with Crippen LogP contribution in [0.1, 0.15) is 23.7 Å². The summed E-state index contributed by atoms with van der Waals surface area (Å²) in [6.07, 6.45) is 4.57. The second-order valence-corrected chi connectivity index (χ2v) is 6.65. The van der Waals surface area contributed by atoms with Gasteiger partial charge in [0.25, 0.3) is 5.91 Å². The Labute approximate surface area is 117 Å². The molecule has 0 fully saturated rings. The Hall–Kier alpha value is -1.55. The molecule has 102 valence electrons. The first-order valence-corrected chi connectivity index (χ1v) is 8.10. The number of benzene rings is 1. The van der Waals surface area contributed by atoms with E-state index in [1.165, 1.54) is 4.90 Å². The SMILES string of the molecule is C=C(C)C(=O)CCNC(=O)c1ccc([S+](C)C)cc1. The smallest absolute Gasteiger partial charge is 0.251 e. The molecule has 4 heteroatoms. The van der Waals surface area contributed by atoms with Crippen LogP contribution >= 0.6 is 0 Å². The summed E-state index contributed by atoms with van der Waals surface area (Å²) in [5.41, 5.74) is 1.15. The Kier molecular flexibility index (Phi) is 5.83. The second-order valence-electron chi connectivity index (χ2n) is 4.55. The Morgan fingerprint density at radius 3 is 2.26 bits per heavy atom. The van der Waals surface area contributed by atoms with Crippen molar-refractivity contribution in [2.45, 2.75) is 18.2 Å². The summed E-state index contributed by atoms with van der Waals surface area (Å²) < 4.78 is 0. The van der Waals surface area contributed by atoms with Crippen molar-refractivity contribution in [1.29, 1.82) is 0 Å². The fourth-order valence-electron chi connectivity index (χ4n) is 1.48. The lowest BCUT2D eigenvalue weighted by Crippen LogP contribution is -2.26. The highest BCUT2D eigenvalue weighted by molar-refractivity contribution is 7.95. The summed E-state index contributed by atoms with van der Waals surface area (Å²) >= 11 is 0. The maximum absolute atomic E-state index is 11.8. The lowest BCUT2D eigenvalue weighted by molar-refractivity contribution is -0.115. The number of hydrogen-bond donors (Lipinski definition) is 1. The number of Topliss-reactive ketones (excluding diaryl/α,β-unsaturated/α-hetero) is 1. The average Bonchev–Trinajstić information content (AvgIpc) is 2.38. The molecule has 0 spiro atoms. The number of carbonyl (C=O) groups is 2. The molecule has 0 heterocycles. The summed E-state index contributed by atoms with van der Waals surface area (Å²) in [5.74, 6) is -0.162. The van der Waals surface area contributed by atoms with E-state index in [9.17, 15) is 9.59 Å². The maximum Gasteiger partial charge on any atom is 0.251 e. The van der Waals surface area contributed by atoms with E-state index in [-0.39, 0.29) is 22.6 Å². The highest BCUT2D eigenvalue weighted by Gasteiger charge is 2.11. The van der Waals surface area contributed by atoms with E-state index in [0.717, 1.165) is 0 Å². The van der Waals surface area contributed by atoms with E-state index in [1.54, 1.807) is 6.92 Å². The van der Waals surface area contributed by atoms with Crippen LogP contribution in [-0.4, -0.2) is 30.7 Å². The van der Waals surface area contributed by atoms with Crippen LogP contribution in [-0.2, 0) is 15.7 Å². The van der Waals surface area contributed by atoms with Gasteiger partial charge >= 0.3 is 0 Å². The second kappa shape index (κ2) is 7.14. The summed E-state index contributed by atoms with van der Waals surface area (Å²) in [5, 5.41) is 2.73. The minimum atomic E-state index is -0.145. The predicted molar refractivity (Wildman–Crippen MR) is 80.7 cm³/mol. The summed E-state index contributed by atoms with van der Waals surface area (Å²) in [7, 11) is 0.197. The van der Waals surface area contributed by atoms with Gasteiger partial charge in [0.05, 0.1) is 0 Å². The minimum absolute atomic E-state index is 0.0170. The number of allylic oxidation sites excluding steroid dienone is 1. The number of carbonyl (C=O) groups excluding carboxylic acids is 2. The third-order valence-electron chi connectivity index (χ3n) is 2.70. The van der Waals surface area contributed by atoms with E-state index >= 15 is 0 Å². The van der Waals surface area contributed by atoms with Crippen molar-refractivity contribution in [3.05, 3.63) is 42.0 Å². The van der Waals surface area contributed by atoms with Crippen LogP contribution < -0.4 is 5.32 Å². The molecule has 1 aromatic carbocycles. The maximum atomic E-state index is 11.8. The lowest BCUT2D eigenvalue weighted by Gasteiger charge is -2.05. The van der Waals surface area contributed by atoms with Gasteiger partial charge in [0.1, 0.15) is 12.5 Å². The summed E-state index contributed by atoms with van der Waals surface area (Å²) in [6, 6.07) is 7.57. The zero-order valence-electron chi connectivity index (χ0n) is 11.7. The van der Waals surface area contributed by atoms with Crippen molar-refractivity contribution in [2.75, 3.05) is 19.1 Å². The molecule has 19 heavy (non-hydrogen) atoms. The normalized spacial score (nSPS) is 10.3. The van der Waals surface area contributed by atoms with E-state index < -0.39 is 0 Å². The molecule has 1 rings (SSSR count). The van der Waals surface area contributed by atoms with Crippen LogP contribution in [0, 0.1) is 0 Å². The van der Waals surface area contributed by atoms with Crippen molar-refractivity contribution in [3.8, 4) is 0 Å². The van der Waals surface area contributed by atoms with Crippen molar-refractivity contribution in [2.24, 2.45) is 0 Å². The Balaban J connectivity index is 2.50. The zero-order valence-corrected chi connectivity index (χ0v) is 12.5. The van der Waals surface area contributed by atoms with E-state index in [1.807, 2.05) is 24.3 Å². The zero-order chi connectivity index (χ0) is 14.4. The number of nitrogens with one attached hydrogen (secondary N) is 1. The van der Waals surface area contributed by atoms with E-state index in [2.05, 4.69) is 24.4 Å². The van der Waals surface area contributed by atoms with Gasteiger partial charge in [-0.25, -0.2) is 0 Å². The Bertz CT molecular complexity index is 477. The fraction of sp³-hybridized carbons (Fsp3) is 0.333. The van der Waals surface area contributed by atoms with Gasteiger partial charge < -0.3 is 5.32 Å². The molecular formula is C15H20NO2S+. The highest BCUT2D eigenvalue weighted by atomic mass is 32.2. The molecule has 0 bridgehead atoms. The van der Waals surface area contributed by atoms with Gasteiger partial charge in [-0.3, -0.25) is 9.59 Å². The van der Waals surface area contributed by atoms with Crippen LogP contribution in [0.3, 0.4) is 0 Å². The molecule has 0 atom stereocenters. The number of hydrogen-bond acceptors (Lipinski definition) is 2.